The zero-order valence-electron chi connectivity index (χ0n) is 7.78. The molecule has 0 N–H and O–H groups in total. The Kier molecular flexibility index (Phi) is 4.42. The van der Waals surface area contributed by atoms with Gasteiger partial charge >= 0.3 is 0 Å². The van der Waals surface area contributed by atoms with Gasteiger partial charge in [0.15, 0.2) is 0 Å². The van der Waals surface area contributed by atoms with Crippen molar-refractivity contribution < 1.29 is 0 Å². The van der Waals surface area contributed by atoms with Gasteiger partial charge < -0.3 is 0 Å². The van der Waals surface area contributed by atoms with Gasteiger partial charge in [-0.2, -0.15) is 0 Å². The zero-order valence-corrected chi connectivity index (χ0v) is 7.78. The normalized spacial score (nSPS) is 12.8. The van der Waals surface area contributed by atoms with Gasteiger partial charge in [-0.15, -0.1) is 0 Å². The predicted octanol–water partition coefficient (Wildman–Crippen LogP) is 3.78. The highest BCUT2D eigenvalue weighted by atomic mass is 14.1. The van der Waals surface area contributed by atoms with Crippen LogP contribution in [0.1, 0.15) is 47.0 Å². The Balaban J connectivity index is 3.20. The lowest BCUT2D eigenvalue weighted by Crippen LogP contribution is -2.03. The third kappa shape index (κ3) is 7.74. The Morgan fingerprint density at radius 1 is 1.20 bits per heavy atom. The molecule has 0 amide bonds. The van der Waals surface area contributed by atoms with Gasteiger partial charge in [-0.25, -0.2) is 0 Å². The molecule has 0 aliphatic rings. The molecule has 0 aromatic heterocycles. The molecule has 0 fully saturated rings. The first kappa shape index (κ1) is 9.74. The van der Waals surface area contributed by atoms with Crippen molar-refractivity contribution in [2.45, 2.75) is 47.0 Å². The van der Waals surface area contributed by atoms with Crippen molar-refractivity contribution >= 4 is 0 Å². The zero-order chi connectivity index (χ0) is 8.04. The molecule has 0 saturated carbocycles. The topological polar surface area (TPSA) is 0 Å². The molecule has 0 aromatic carbocycles. The van der Waals surface area contributed by atoms with Gasteiger partial charge in [0.1, 0.15) is 0 Å². The summed E-state index contributed by atoms with van der Waals surface area (Å²) in [5.74, 6) is 0. The first-order valence-electron chi connectivity index (χ1n) is 4.17. The summed E-state index contributed by atoms with van der Waals surface area (Å²) in [4.78, 5) is 0. The van der Waals surface area contributed by atoms with Crippen molar-refractivity contribution in [3.05, 3.63) is 12.2 Å². The van der Waals surface area contributed by atoms with Crippen molar-refractivity contribution in [3.63, 3.8) is 0 Å². The van der Waals surface area contributed by atoms with Crippen LogP contribution in [0.3, 0.4) is 0 Å². The van der Waals surface area contributed by atoms with Gasteiger partial charge in [0, 0.05) is 0 Å². The van der Waals surface area contributed by atoms with E-state index in [0.717, 1.165) is 0 Å². The molecule has 0 nitrogen and oxygen atoms in total. The van der Waals surface area contributed by atoms with Gasteiger partial charge in [-0.1, -0.05) is 32.9 Å². The van der Waals surface area contributed by atoms with E-state index >= 15 is 0 Å². The highest BCUT2D eigenvalue weighted by Gasteiger charge is 2.07. The summed E-state index contributed by atoms with van der Waals surface area (Å²) in [6, 6.07) is 0. The molecule has 0 radical (unpaired) electrons. The molecule has 0 heterocycles. The Hall–Kier alpha value is -0.260. The number of hydrogen-bond donors (Lipinski definition) is 0. The predicted molar refractivity (Wildman–Crippen MR) is 48.1 cm³/mol. The van der Waals surface area contributed by atoms with Gasteiger partial charge in [0.2, 0.25) is 0 Å². The molecule has 0 bridgehead atoms. The van der Waals surface area contributed by atoms with Crippen LogP contribution in [0.2, 0.25) is 0 Å². The van der Waals surface area contributed by atoms with E-state index in [4.69, 9.17) is 0 Å². The summed E-state index contributed by atoms with van der Waals surface area (Å²) in [6.45, 7) is 8.96. The molecule has 0 saturated heterocycles. The van der Waals surface area contributed by atoms with Crippen LogP contribution in [-0.2, 0) is 0 Å². The molecular formula is C10H20. The van der Waals surface area contributed by atoms with Crippen molar-refractivity contribution in [2.24, 2.45) is 5.41 Å². The van der Waals surface area contributed by atoms with Crippen LogP contribution >= 0.6 is 0 Å². The molecular weight excluding hydrogens is 120 g/mol. The molecule has 0 unspecified atom stereocenters. The second-order valence-corrected chi connectivity index (χ2v) is 4.02. The van der Waals surface area contributed by atoms with Crippen molar-refractivity contribution in [1.29, 1.82) is 0 Å². The molecule has 60 valence electrons. The van der Waals surface area contributed by atoms with Crippen LogP contribution in [0.5, 0.6) is 0 Å². The molecule has 0 rings (SSSR count). The molecule has 0 atom stereocenters. The second kappa shape index (κ2) is 4.54. The first-order chi connectivity index (χ1) is 4.56. The van der Waals surface area contributed by atoms with Crippen LogP contribution < -0.4 is 0 Å². The Labute approximate surface area is 65.3 Å². The summed E-state index contributed by atoms with van der Waals surface area (Å²) >= 11 is 0. The fraction of sp³-hybridized carbons (Fsp3) is 0.800. The summed E-state index contributed by atoms with van der Waals surface area (Å²) < 4.78 is 0. The summed E-state index contributed by atoms with van der Waals surface area (Å²) in [5.41, 5.74) is 0.515. The van der Waals surface area contributed by atoms with Gasteiger partial charge in [-0.05, 0) is 31.6 Å². The minimum Gasteiger partial charge on any atom is -0.0917 e. The highest BCUT2D eigenvalue weighted by molar-refractivity contribution is 4.77. The van der Waals surface area contributed by atoms with Gasteiger partial charge in [0.05, 0.1) is 0 Å². The summed E-state index contributed by atoms with van der Waals surface area (Å²) in [7, 11) is 0. The Bertz CT molecular complexity index is 93.1. The van der Waals surface area contributed by atoms with E-state index < -0.39 is 0 Å². The van der Waals surface area contributed by atoms with E-state index in [1.807, 2.05) is 0 Å². The highest BCUT2D eigenvalue weighted by Crippen LogP contribution is 2.21. The number of allylic oxidation sites excluding steroid dienone is 2. The van der Waals surface area contributed by atoms with E-state index in [1.54, 1.807) is 0 Å². The van der Waals surface area contributed by atoms with Crippen LogP contribution in [-0.4, -0.2) is 0 Å². The maximum Gasteiger partial charge on any atom is -0.0351 e. The molecule has 0 aromatic rings. The van der Waals surface area contributed by atoms with Crippen molar-refractivity contribution in [3.8, 4) is 0 Å². The molecule has 10 heavy (non-hydrogen) atoms. The summed E-state index contributed by atoms with van der Waals surface area (Å²) in [5, 5.41) is 0. The molecule has 0 aliphatic heterocycles. The van der Waals surface area contributed by atoms with Gasteiger partial charge in [0.25, 0.3) is 0 Å². The number of hydrogen-bond acceptors (Lipinski definition) is 0. The number of rotatable bonds is 3. The van der Waals surface area contributed by atoms with Crippen LogP contribution in [0, 0.1) is 5.41 Å². The Morgan fingerprint density at radius 3 is 2.20 bits per heavy atom. The van der Waals surface area contributed by atoms with E-state index in [1.165, 1.54) is 19.3 Å². The van der Waals surface area contributed by atoms with E-state index in [0.29, 0.717) is 5.41 Å². The van der Waals surface area contributed by atoms with E-state index in [2.05, 4.69) is 39.8 Å². The smallest absolute Gasteiger partial charge is 0.0351 e. The monoisotopic (exact) mass is 140 g/mol. The van der Waals surface area contributed by atoms with Crippen molar-refractivity contribution in [2.75, 3.05) is 0 Å². The first-order valence-corrected chi connectivity index (χ1v) is 4.17. The largest absolute Gasteiger partial charge is 0.0917 e. The van der Waals surface area contributed by atoms with Crippen LogP contribution in [0.15, 0.2) is 12.2 Å². The fourth-order valence-electron chi connectivity index (χ4n) is 0.917. The van der Waals surface area contributed by atoms with E-state index in [9.17, 15) is 0 Å². The minimum absolute atomic E-state index is 0.515. The minimum atomic E-state index is 0.515. The summed E-state index contributed by atoms with van der Waals surface area (Å²) in [6.07, 6.45) is 8.27. The third-order valence-corrected chi connectivity index (χ3v) is 1.53. The van der Waals surface area contributed by atoms with E-state index in [-0.39, 0.29) is 0 Å². The molecule has 0 spiro atoms. The van der Waals surface area contributed by atoms with Crippen molar-refractivity contribution in [1.82, 2.24) is 0 Å². The Morgan fingerprint density at radius 2 is 1.80 bits per heavy atom. The average molecular weight is 140 g/mol. The lowest BCUT2D eigenvalue weighted by molar-refractivity contribution is 0.367. The lowest BCUT2D eigenvalue weighted by Gasteiger charge is -2.16. The quantitative estimate of drug-likeness (QED) is 0.413. The van der Waals surface area contributed by atoms with Crippen LogP contribution in [0.4, 0.5) is 0 Å². The van der Waals surface area contributed by atoms with Gasteiger partial charge in [-0.3, -0.25) is 0 Å². The average Bonchev–Trinajstić information content (AvgIpc) is 1.78. The molecule has 0 aliphatic carbocycles. The standard InChI is InChI=1S/C10H20/c1-5-6-7-8-9-10(2,3)4/h5-6H,7-9H2,1-4H3/b6-5-. The SMILES string of the molecule is C/C=C\CCCC(C)(C)C. The maximum absolute atomic E-state index is 2.29. The fourth-order valence-corrected chi connectivity index (χ4v) is 0.917. The second-order valence-electron chi connectivity index (χ2n) is 4.02. The van der Waals surface area contributed by atoms with Crippen LogP contribution in [0.25, 0.3) is 0 Å². The molecule has 0 heteroatoms. The number of unbranched alkanes of at least 4 members (excludes halogenated alkanes) is 1. The maximum atomic E-state index is 2.29. The lowest BCUT2D eigenvalue weighted by atomic mass is 9.90. The third-order valence-electron chi connectivity index (χ3n) is 1.53.